The molecule has 3 rings (SSSR count). The molecule has 5 nitrogen and oxygen atoms in total. The monoisotopic (exact) mass is 364 g/mol. The molecular weight excluding hydrogens is 343 g/mol. The van der Waals surface area contributed by atoms with E-state index in [1.807, 2.05) is 36.1 Å². The number of carbonyl (C=O) groups is 1. The molecule has 1 aliphatic heterocycles. The lowest BCUT2D eigenvalue weighted by atomic mass is 10.2. The zero-order chi connectivity index (χ0) is 19.2. The van der Waals surface area contributed by atoms with Gasteiger partial charge in [-0.3, -0.25) is 4.79 Å². The highest BCUT2D eigenvalue weighted by atomic mass is 19.1. The molecule has 2 aromatic carbocycles. The topological polar surface area (TPSA) is 59.4 Å². The number of aryl methyl sites for hydroxylation is 1. The summed E-state index contributed by atoms with van der Waals surface area (Å²) in [4.78, 5) is 16.5. The Bertz CT molecular complexity index is 878. The van der Waals surface area contributed by atoms with Crippen molar-refractivity contribution in [1.29, 1.82) is 5.26 Å². The molecule has 1 fully saturated rings. The summed E-state index contributed by atoms with van der Waals surface area (Å²) in [6.45, 7) is 4.78. The first kappa shape index (κ1) is 18.5. The van der Waals surface area contributed by atoms with Crippen LogP contribution in [-0.2, 0) is 4.79 Å². The largest absolute Gasteiger partial charge is 0.373 e. The summed E-state index contributed by atoms with van der Waals surface area (Å²) in [5.74, 6) is -0.664. The van der Waals surface area contributed by atoms with E-state index in [0.29, 0.717) is 18.8 Å². The van der Waals surface area contributed by atoms with Crippen LogP contribution >= 0.6 is 0 Å². The minimum atomic E-state index is -0.413. The molecule has 0 radical (unpaired) electrons. The third kappa shape index (κ3) is 4.85. The zero-order valence-corrected chi connectivity index (χ0v) is 15.2. The normalized spacial score (nSPS) is 14.6. The van der Waals surface area contributed by atoms with Crippen LogP contribution in [0.2, 0.25) is 0 Å². The summed E-state index contributed by atoms with van der Waals surface area (Å²) in [6.07, 6.45) is 1.62. The third-order valence-electron chi connectivity index (χ3n) is 4.46. The highest BCUT2D eigenvalue weighted by Crippen LogP contribution is 2.17. The molecule has 1 saturated heterocycles. The Hall–Kier alpha value is -3.33. The number of halogens is 1. The van der Waals surface area contributed by atoms with Crippen molar-refractivity contribution < 1.29 is 9.18 Å². The molecule has 0 aromatic heterocycles. The van der Waals surface area contributed by atoms with E-state index in [-0.39, 0.29) is 11.4 Å². The van der Waals surface area contributed by atoms with Gasteiger partial charge in [0.2, 0.25) is 0 Å². The standard InChI is InChI=1S/C21H21FN4O/c1-16-3-2-4-19(13-16)24-21(27)17(14-23)15-25-9-11-26(12-10-25)20-7-5-18(22)6-8-20/h2-8,13,15H,9-12H2,1H3,(H,24,27)/b17-15-. The average Bonchev–Trinajstić information content (AvgIpc) is 2.67. The number of hydrogen-bond acceptors (Lipinski definition) is 4. The number of carbonyl (C=O) groups excluding carboxylic acids is 1. The molecule has 6 heteroatoms. The Balaban J connectivity index is 1.60. The van der Waals surface area contributed by atoms with E-state index in [2.05, 4.69) is 10.2 Å². The van der Waals surface area contributed by atoms with Gasteiger partial charge in [-0.15, -0.1) is 0 Å². The van der Waals surface area contributed by atoms with Crippen LogP contribution in [0.1, 0.15) is 5.56 Å². The second-order valence-corrected chi connectivity index (χ2v) is 6.48. The molecular formula is C21H21FN4O. The molecule has 1 aliphatic rings. The van der Waals surface area contributed by atoms with Crippen molar-refractivity contribution in [3.05, 3.63) is 71.7 Å². The Morgan fingerprint density at radius 1 is 1.15 bits per heavy atom. The lowest BCUT2D eigenvalue weighted by Gasteiger charge is -2.35. The van der Waals surface area contributed by atoms with Crippen molar-refractivity contribution in [1.82, 2.24) is 4.90 Å². The zero-order valence-electron chi connectivity index (χ0n) is 15.2. The van der Waals surface area contributed by atoms with Gasteiger partial charge >= 0.3 is 0 Å². The van der Waals surface area contributed by atoms with Crippen molar-refractivity contribution in [2.24, 2.45) is 0 Å². The number of nitriles is 1. The van der Waals surface area contributed by atoms with Crippen LogP contribution in [0.25, 0.3) is 0 Å². The first-order valence-electron chi connectivity index (χ1n) is 8.79. The molecule has 0 bridgehead atoms. The van der Waals surface area contributed by atoms with Crippen LogP contribution in [0, 0.1) is 24.1 Å². The van der Waals surface area contributed by atoms with E-state index < -0.39 is 5.91 Å². The van der Waals surface area contributed by atoms with Crippen LogP contribution < -0.4 is 10.2 Å². The number of rotatable bonds is 4. The van der Waals surface area contributed by atoms with E-state index in [0.717, 1.165) is 24.3 Å². The smallest absolute Gasteiger partial charge is 0.267 e. The summed E-state index contributed by atoms with van der Waals surface area (Å²) >= 11 is 0. The van der Waals surface area contributed by atoms with Gasteiger partial charge in [0.25, 0.3) is 5.91 Å². The molecule has 1 heterocycles. The van der Waals surface area contributed by atoms with Crippen molar-refractivity contribution in [3.8, 4) is 6.07 Å². The number of benzene rings is 2. The predicted octanol–water partition coefficient (Wildman–Crippen LogP) is 3.30. The molecule has 0 unspecified atom stereocenters. The Morgan fingerprint density at radius 2 is 1.85 bits per heavy atom. The molecule has 0 atom stereocenters. The van der Waals surface area contributed by atoms with Crippen LogP contribution in [0.4, 0.5) is 15.8 Å². The van der Waals surface area contributed by atoms with E-state index in [4.69, 9.17) is 0 Å². The minimum absolute atomic E-state index is 0.0757. The van der Waals surface area contributed by atoms with E-state index in [1.54, 1.807) is 24.4 Å². The molecule has 0 spiro atoms. The van der Waals surface area contributed by atoms with Gasteiger partial charge in [-0.05, 0) is 48.9 Å². The molecule has 138 valence electrons. The molecule has 1 N–H and O–H groups in total. The lowest BCUT2D eigenvalue weighted by Crippen LogP contribution is -2.44. The van der Waals surface area contributed by atoms with Crippen molar-refractivity contribution in [2.75, 3.05) is 36.4 Å². The second-order valence-electron chi connectivity index (χ2n) is 6.48. The summed E-state index contributed by atoms with van der Waals surface area (Å²) in [6, 6.07) is 15.9. The Kier molecular flexibility index (Phi) is 5.72. The number of amides is 1. The molecule has 1 amide bonds. The van der Waals surface area contributed by atoms with Gasteiger partial charge in [0, 0.05) is 43.8 Å². The lowest BCUT2D eigenvalue weighted by molar-refractivity contribution is -0.112. The maximum atomic E-state index is 13.0. The number of nitrogens with zero attached hydrogens (tertiary/aromatic N) is 3. The van der Waals surface area contributed by atoms with Crippen molar-refractivity contribution in [3.63, 3.8) is 0 Å². The van der Waals surface area contributed by atoms with Crippen LogP contribution in [0.3, 0.4) is 0 Å². The minimum Gasteiger partial charge on any atom is -0.373 e. The van der Waals surface area contributed by atoms with Gasteiger partial charge in [-0.2, -0.15) is 5.26 Å². The molecule has 27 heavy (non-hydrogen) atoms. The Labute approximate surface area is 158 Å². The summed E-state index contributed by atoms with van der Waals surface area (Å²) in [5.41, 5.74) is 2.75. The highest BCUT2D eigenvalue weighted by molar-refractivity contribution is 6.06. The van der Waals surface area contributed by atoms with E-state index >= 15 is 0 Å². The number of hydrogen-bond donors (Lipinski definition) is 1. The van der Waals surface area contributed by atoms with Gasteiger partial charge in [-0.1, -0.05) is 12.1 Å². The number of anilines is 2. The van der Waals surface area contributed by atoms with Gasteiger partial charge in [-0.25, -0.2) is 4.39 Å². The summed E-state index contributed by atoms with van der Waals surface area (Å²) < 4.78 is 13.0. The number of piperazine rings is 1. The second kappa shape index (κ2) is 8.37. The third-order valence-corrected chi connectivity index (χ3v) is 4.46. The van der Waals surface area contributed by atoms with Crippen molar-refractivity contribution >= 4 is 17.3 Å². The van der Waals surface area contributed by atoms with E-state index in [1.165, 1.54) is 12.1 Å². The quantitative estimate of drug-likeness (QED) is 0.668. The van der Waals surface area contributed by atoms with E-state index in [9.17, 15) is 14.4 Å². The number of nitrogens with one attached hydrogen (secondary N) is 1. The van der Waals surface area contributed by atoms with Gasteiger partial charge in [0.1, 0.15) is 17.5 Å². The van der Waals surface area contributed by atoms with Crippen LogP contribution in [-0.4, -0.2) is 37.0 Å². The van der Waals surface area contributed by atoms with Crippen LogP contribution in [0.15, 0.2) is 60.3 Å². The fraction of sp³-hybridized carbons (Fsp3) is 0.238. The SMILES string of the molecule is Cc1cccc(NC(=O)/C(C#N)=C\N2CCN(c3ccc(F)cc3)CC2)c1. The maximum Gasteiger partial charge on any atom is 0.267 e. The highest BCUT2D eigenvalue weighted by Gasteiger charge is 2.18. The van der Waals surface area contributed by atoms with Gasteiger partial charge < -0.3 is 15.1 Å². The van der Waals surface area contributed by atoms with Crippen molar-refractivity contribution in [2.45, 2.75) is 6.92 Å². The summed E-state index contributed by atoms with van der Waals surface area (Å²) in [7, 11) is 0. The summed E-state index contributed by atoms with van der Waals surface area (Å²) in [5, 5.41) is 12.1. The Morgan fingerprint density at radius 3 is 2.48 bits per heavy atom. The molecule has 0 saturated carbocycles. The first-order valence-corrected chi connectivity index (χ1v) is 8.79. The predicted molar refractivity (Wildman–Crippen MR) is 104 cm³/mol. The fourth-order valence-corrected chi connectivity index (χ4v) is 3.00. The van der Waals surface area contributed by atoms with Gasteiger partial charge in [0.15, 0.2) is 0 Å². The average molecular weight is 364 g/mol. The van der Waals surface area contributed by atoms with Gasteiger partial charge in [0.05, 0.1) is 0 Å². The molecule has 0 aliphatic carbocycles. The maximum absolute atomic E-state index is 13.0. The van der Waals surface area contributed by atoms with Crippen LogP contribution in [0.5, 0.6) is 0 Å². The first-order chi connectivity index (χ1) is 13.0. The fourth-order valence-electron chi connectivity index (χ4n) is 3.00. The molecule has 2 aromatic rings.